The number of amides is 1. The van der Waals surface area contributed by atoms with Gasteiger partial charge in [0.05, 0.1) is 22.3 Å². The Hall–Kier alpha value is -2.83. The Morgan fingerprint density at radius 2 is 1.87 bits per heavy atom. The fraction of sp³-hybridized carbons (Fsp3) is 0.0833. The zero-order valence-corrected chi connectivity index (χ0v) is 20.3. The van der Waals surface area contributed by atoms with Gasteiger partial charge in [-0.2, -0.15) is 5.26 Å². The Bertz CT molecular complexity index is 1140. The Balaban J connectivity index is 1.78. The van der Waals surface area contributed by atoms with E-state index >= 15 is 0 Å². The maximum atomic E-state index is 12.2. The number of allylic oxidation sites excluding steroid dienone is 1. The van der Waals surface area contributed by atoms with Crippen LogP contribution in [0.25, 0.3) is 11.6 Å². The van der Waals surface area contributed by atoms with Crippen LogP contribution in [0.15, 0.2) is 71.2 Å². The predicted molar refractivity (Wildman–Crippen MR) is 134 cm³/mol. The second-order valence-electron chi connectivity index (χ2n) is 6.41. The second kappa shape index (κ2) is 11.0. The van der Waals surface area contributed by atoms with E-state index in [-0.39, 0.29) is 12.5 Å². The third-order valence-corrected chi connectivity index (χ3v) is 5.57. The Labute approximate surface area is 203 Å². The zero-order valence-electron chi connectivity index (χ0n) is 16.6. The third kappa shape index (κ3) is 6.32. The maximum Gasteiger partial charge on any atom is 0.262 e. The number of carbonyl (C=O) groups excluding carboxylic acids is 1. The molecule has 0 spiro atoms. The molecule has 0 saturated heterocycles. The molecule has 31 heavy (non-hydrogen) atoms. The van der Waals surface area contributed by atoms with Crippen molar-refractivity contribution in [2.75, 3.05) is 19.0 Å². The highest BCUT2D eigenvalue weighted by atomic mass is 127. The molecule has 0 atom stereocenters. The molecule has 0 saturated carbocycles. The Morgan fingerprint density at radius 1 is 1.16 bits per heavy atom. The number of methoxy groups -OCH3 is 1. The number of para-hydroxylation sites is 1. The number of rotatable bonds is 7. The molecule has 0 aromatic heterocycles. The summed E-state index contributed by atoms with van der Waals surface area (Å²) < 4.78 is 12.9. The Kier molecular flexibility index (Phi) is 8.09. The second-order valence-corrected chi connectivity index (χ2v) is 8.49. The molecule has 0 aliphatic rings. The number of benzene rings is 3. The van der Waals surface area contributed by atoms with Gasteiger partial charge in [0.25, 0.3) is 5.91 Å². The minimum Gasteiger partial charge on any atom is -0.493 e. The lowest BCUT2D eigenvalue weighted by Crippen LogP contribution is -2.20. The molecule has 0 radical (unpaired) electrons. The number of hydrogen-bond donors (Lipinski definition) is 1. The van der Waals surface area contributed by atoms with Gasteiger partial charge in [-0.3, -0.25) is 4.79 Å². The van der Waals surface area contributed by atoms with Crippen molar-refractivity contribution >= 4 is 61.8 Å². The molecule has 1 N–H and O–H groups in total. The number of ether oxygens (including phenoxy) is 2. The van der Waals surface area contributed by atoms with Crippen LogP contribution in [0, 0.1) is 14.9 Å². The summed E-state index contributed by atoms with van der Waals surface area (Å²) >= 11 is 5.53. The number of nitriles is 1. The standard InChI is InChI=1S/C24H18BrIN2O3/c1-30-22-13-16(11-18(14-27)17-7-9-19(25)10-8-17)12-21(26)24(22)31-15-23(29)28-20-5-3-2-4-6-20/h2-13H,15H2,1H3,(H,28,29)/b18-11+. The van der Waals surface area contributed by atoms with Crippen LogP contribution >= 0.6 is 38.5 Å². The van der Waals surface area contributed by atoms with Gasteiger partial charge in [0.2, 0.25) is 0 Å². The lowest BCUT2D eigenvalue weighted by atomic mass is 10.0. The van der Waals surface area contributed by atoms with Crippen LogP contribution in [0.4, 0.5) is 5.69 Å². The first-order chi connectivity index (χ1) is 15.0. The van der Waals surface area contributed by atoms with E-state index in [1.54, 1.807) is 12.1 Å². The van der Waals surface area contributed by atoms with E-state index in [1.165, 1.54) is 7.11 Å². The van der Waals surface area contributed by atoms with Crippen molar-refractivity contribution in [3.05, 3.63) is 85.9 Å². The molecule has 3 aromatic carbocycles. The number of hydrogen-bond acceptors (Lipinski definition) is 4. The highest BCUT2D eigenvalue weighted by Gasteiger charge is 2.14. The van der Waals surface area contributed by atoms with E-state index in [1.807, 2.05) is 60.7 Å². The molecular formula is C24H18BrIN2O3. The van der Waals surface area contributed by atoms with E-state index in [9.17, 15) is 10.1 Å². The van der Waals surface area contributed by atoms with Gasteiger partial charge in [0.15, 0.2) is 18.1 Å². The van der Waals surface area contributed by atoms with Gasteiger partial charge in [-0.25, -0.2) is 0 Å². The smallest absolute Gasteiger partial charge is 0.262 e. The normalized spacial score (nSPS) is 10.8. The third-order valence-electron chi connectivity index (χ3n) is 4.24. The summed E-state index contributed by atoms with van der Waals surface area (Å²) in [5, 5.41) is 12.4. The van der Waals surface area contributed by atoms with Crippen LogP contribution in [-0.4, -0.2) is 19.6 Å². The number of nitrogens with one attached hydrogen (secondary N) is 1. The average Bonchev–Trinajstić information content (AvgIpc) is 2.77. The largest absolute Gasteiger partial charge is 0.493 e. The number of anilines is 1. The quantitative estimate of drug-likeness (QED) is 0.204. The Morgan fingerprint density at radius 3 is 2.52 bits per heavy atom. The van der Waals surface area contributed by atoms with Crippen molar-refractivity contribution in [1.82, 2.24) is 0 Å². The predicted octanol–water partition coefficient (Wildman–Crippen LogP) is 6.14. The van der Waals surface area contributed by atoms with E-state index in [4.69, 9.17) is 9.47 Å². The van der Waals surface area contributed by atoms with Crippen molar-refractivity contribution in [3.63, 3.8) is 0 Å². The van der Waals surface area contributed by atoms with Gasteiger partial charge in [-0.05, 0) is 76.2 Å². The monoisotopic (exact) mass is 588 g/mol. The highest BCUT2D eigenvalue weighted by Crippen LogP contribution is 2.35. The molecule has 0 aliphatic carbocycles. The number of carbonyl (C=O) groups is 1. The fourth-order valence-corrected chi connectivity index (χ4v) is 3.84. The first-order valence-electron chi connectivity index (χ1n) is 9.23. The van der Waals surface area contributed by atoms with E-state index in [0.717, 1.165) is 19.2 Å². The van der Waals surface area contributed by atoms with Gasteiger partial charge in [-0.1, -0.05) is 46.3 Å². The van der Waals surface area contributed by atoms with Crippen LogP contribution < -0.4 is 14.8 Å². The first-order valence-corrected chi connectivity index (χ1v) is 11.1. The van der Waals surface area contributed by atoms with Crippen molar-refractivity contribution < 1.29 is 14.3 Å². The van der Waals surface area contributed by atoms with Crippen LogP contribution in [0.3, 0.4) is 0 Å². The van der Waals surface area contributed by atoms with Gasteiger partial charge >= 0.3 is 0 Å². The van der Waals surface area contributed by atoms with Gasteiger partial charge in [0, 0.05) is 10.2 Å². The maximum absolute atomic E-state index is 12.2. The lowest BCUT2D eigenvalue weighted by molar-refractivity contribution is -0.118. The van der Waals surface area contributed by atoms with E-state index in [2.05, 4.69) is 49.9 Å². The highest BCUT2D eigenvalue weighted by molar-refractivity contribution is 14.1. The van der Waals surface area contributed by atoms with Crippen LogP contribution in [-0.2, 0) is 4.79 Å². The molecule has 7 heteroatoms. The molecule has 0 fully saturated rings. The summed E-state index contributed by atoms with van der Waals surface area (Å²) in [6.45, 7) is -0.154. The summed E-state index contributed by atoms with van der Waals surface area (Å²) in [4.78, 5) is 12.2. The molecular weight excluding hydrogens is 571 g/mol. The molecule has 0 heterocycles. The molecule has 3 aromatic rings. The SMILES string of the molecule is COc1cc(/C=C(\C#N)c2ccc(Br)cc2)cc(I)c1OCC(=O)Nc1ccccc1. The average molecular weight is 589 g/mol. The van der Waals surface area contributed by atoms with Crippen LogP contribution in [0.1, 0.15) is 11.1 Å². The van der Waals surface area contributed by atoms with E-state index in [0.29, 0.717) is 22.8 Å². The molecule has 3 rings (SSSR count). The summed E-state index contributed by atoms with van der Waals surface area (Å²) in [7, 11) is 1.54. The van der Waals surface area contributed by atoms with Gasteiger partial charge in [-0.15, -0.1) is 0 Å². The molecule has 0 aliphatic heterocycles. The van der Waals surface area contributed by atoms with Gasteiger partial charge in [0.1, 0.15) is 0 Å². The van der Waals surface area contributed by atoms with Crippen LogP contribution in [0.2, 0.25) is 0 Å². The summed E-state index contributed by atoms with van der Waals surface area (Å²) in [6, 6.07) is 22.6. The fourth-order valence-electron chi connectivity index (χ4n) is 2.80. The summed E-state index contributed by atoms with van der Waals surface area (Å²) in [5.74, 6) is 0.694. The van der Waals surface area contributed by atoms with Crippen molar-refractivity contribution in [2.45, 2.75) is 0 Å². The molecule has 1 amide bonds. The molecule has 156 valence electrons. The summed E-state index contributed by atoms with van der Waals surface area (Å²) in [5.41, 5.74) is 2.84. The topological polar surface area (TPSA) is 71.3 Å². The minimum atomic E-state index is -0.268. The first kappa shape index (κ1) is 22.8. The lowest BCUT2D eigenvalue weighted by Gasteiger charge is -2.14. The number of nitrogens with zero attached hydrogens (tertiary/aromatic N) is 1. The molecule has 5 nitrogen and oxygen atoms in total. The van der Waals surface area contributed by atoms with Crippen molar-refractivity contribution in [2.24, 2.45) is 0 Å². The molecule has 0 bridgehead atoms. The van der Waals surface area contributed by atoms with E-state index < -0.39 is 0 Å². The zero-order chi connectivity index (χ0) is 22.2. The van der Waals surface area contributed by atoms with Crippen molar-refractivity contribution in [1.29, 1.82) is 5.26 Å². The van der Waals surface area contributed by atoms with Gasteiger partial charge < -0.3 is 14.8 Å². The van der Waals surface area contributed by atoms with Crippen molar-refractivity contribution in [3.8, 4) is 17.6 Å². The minimum absolute atomic E-state index is 0.154. The molecule has 0 unspecified atom stereocenters. The van der Waals surface area contributed by atoms with Crippen LogP contribution in [0.5, 0.6) is 11.5 Å². The number of halogens is 2. The summed E-state index contributed by atoms with van der Waals surface area (Å²) in [6.07, 6.45) is 1.79.